The number of nitrogens with zero attached hydrogens (tertiary/aromatic N) is 1. The second-order valence-electron chi connectivity index (χ2n) is 19.3. The summed E-state index contributed by atoms with van der Waals surface area (Å²) in [6, 6.07) is 17.0. The molecular weight excluding hydrogens is 651 g/mol. The second-order valence-corrected chi connectivity index (χ2v) is 19.3. The summed E-state index contributed by atoms with van der Waals surface area (Å²) in [5.74, 6) is 5.45. The summed E-state index contributed by atoms with van der Waals surface area (Å²) in [5.41, 5.74) is 10.7. The van der Waals surface area contributed by atoms with E-state index < -0.39 is 0 Å². The van der Waals surface area contributed by atoms with Gasteiger partial charge in [0.15, 0.2) is 0 Å². The zero-order valence-electron chi connectivity index (χ0n) is 34.7. The van der Waals surface area contributed by atoms with E-state index in [1.54, 1.807) is 6.08 Å². The molecule has 5 heteroatoms. The Hall–Kier alpha value is -3.08. The maximum Gasteiger partial charge on any atom is 0.251 e. The number of carbonyl (C=O) groups excluding carboxylic acids is 2. The first-order chi connectivity index (χ1) is 25.2. The summed E-state index contributed by atoms with van der Waals surface area (Å²) in [4.78, 5) is 23.9. The first-order valence-corrected chi connectivity index (χ1v) is 21.1. The first kappa shape index (κ1) is 41.1. The van der Waals surface area contributed by atoms with E-state index in [4.69, 9.17) is 4.79 Å². The number of allylic oxidation sites excluding steroid dienone is 1. The van der Waals surface area contributed by atoms with Crippen molar-refractivity contribution in [2.45, 2.75) is 132 Å². The summed E-state index contributed by atoms with van der Waals surface area (Å²) >= 11 is 0. The van der Waals surface area contributed by atoms with Crippen LogP contribution in [0, 0.1) is 57.2 Å². The Morgan fingerprint density at radius 1 is 0.887 bits per heavy atom. The lowest BCUT2D eigenvalue weighted by Crippen LogP contribution is -2.61. The van der Waals surface area contributed by atoms with Gasteiger partial charge in [0.05, 0.1) is 0 Å². The molecule has 0 bridgehead atoms. The summed E-state index contributed by atoms with van der Waals surface area (Å²) < 4.78 is 0. The van der Waals surface area contributed by atoms with Gasteiger partial charge in [0.25, 0.3) is 5.91 Å². The van der Waals surface area contributed by atoms with Crippen molar-refractivity contribution in [3.8, 4) is 0 Å². The van der Waals surface area contributed by atoms with Gasteiger partial charge in [-0.2, -0.15) is 0 Å². The number of aryl methyl sites for hydroxylation is 1. The van der Waals surface area contributed by atoms with Crippen LogP contribution >= 0.6 is 0 Å². The summed E-state index contributed by atoms with van der Waals surface area (Å²) in [7, 11) is 4.10. The third-order valence-corrected chi connectivity index (χ3v) is 15.8. The molecule has 2 aromatic rings. The van der Waals surface area contributed by atoms with Gasteiger partial charge in [-0.25, -0.2) is 0 Å². The molecule has 9 atom stereocenters. The van der Waals surface area contributed by atoms with Crippen molar-refractivity contribution in [2.24, 2.45) is 62.9 Å². The lowest BCUT2D eigenvalue weighted by atomic mass is 9.36. The molecule has 7 rings (SSSR count). The van der Waals surface area contributed by atoms with E-state index >= 15 is 0 Å². The van der Waals surface area contributed by atoms with Gasteiger partial charge in [-0.3, -0.25) is 9.59 Å². The highest BCUT2D eigenvalue weighted by Gasteiger charge is 2.65. The lowest BCUT2D eigenvalue weighted by Gasteiger charge is -2.69. The molecule has 5 nitrogen and oxygen atoms in total. The summed E-state index contributed by atoms with van der Waals surface area (Å²) in [6.45, 7) is 19.2. The molecule has 9 unspecified atom stereocenters. The van der Waals surface area contributed by atoms with E-state index in [1.807, 2.05) is 13.0 Å². The molecule has 0 spiro atoms. The number of benzene rings is 2. The molecular formula is C48H73N3O2. The summed E-state index contributed by atoms with van der Waals surface area (Å²) in [6.07, 6.45) is 20.4. The number of rotatable bonds is 7. The monoisotopic (exact) mass is 724 g/mol. The minimum absolute atomic E-state index is 0.0318. The second kappa shape index (κ2) is 16.7. The maximum atomic E-state index is 13.2. The van der Waals surface area contributed by atoms with Gasteiger partial charge < -0.3 is 16.0 Å². The normalized spacial score (nSPS) is 34.9. The Morgan fingerprint density at radius 3 is 2.25 bits per heavy atom. The number of anilines is 1. The van der Waals surface area contributed by atoms with Crippen LogP contribution in [0.1, 0.15) is 140 Å². The fraction of sp³-hybridized carbons (Fsp3) is 0.667. The van der Waals surface area contributed by atoms with Crippen LogP contribution in [0.3, 0.4) is 0 Å². The average Bonchev–Trinajstić information content (AvgIpc) is 3.46. The molecule has 2 aromatic carbocycles. The number of hydrogen-bond donors (Lipinski definition) is 2. The molecule has 5 saturated carbocycles. The minimum Gasteiger partial charge on any atom is -0.378 e. The number of primary amides is 1. The van der Waals surface area contributed by atoms with Crippen molar-refractivity contribution in [1.82, 2.24) is 5.32 Å². The number of hydrogen-bond acceptors (Lipinski definition) is 3. The Balaban J connectivity index is 0.000000847. The molecule has 2 amide bonds. The average molecular weight is 724 g/mol. The third-order valence-electron chi connectivity index (χ3n) is 15.8. The van der Waals surface area contributed by atoms with E-state index in [-0.39, 0.29) is 12.3 Å². The zero-order valence-corrected chi connectivity index (χ0v) is 34.7. The van der Waals surface area contributed by atoms with Gasteiger partial charge in [0, 0.05) is 31.9 Å². The fourth-order valence-corrected chi connectivity index (χ4v) is 13.8. The fourth-order valence-electron chi connectivity index (χ4n) is 13.8. The number of nitrogens with two attached hydrogens (primary N) is 1. The zero-order chi connectivity index (χ0) is 38.6. The van der Waals surface area contributed by atoms with Crippen LogP contribution in [0.4, 0.5) is 5.69 Å². The smallest absolute Gasteiger partial charge is 0.251 e. The number of amides is 2. The van der Waals surface area contributed by atoms with Gasteiger partial charge in [0.2, 0.25) is 6.41 Å². The predicted molar refractivity (Wildman–Crippen MR) is 223 cm³/mol. The van der Waals surface area contributed by atoms with E-state index in [1.165, 1.54) is 88.3 Å². The van der Waals surface area contributed by atoms with Crippen molar-refractivity contribution in [3.63, 3.8) is 0 Å². The molecule has 53 heavy (non-hydrogen) atoms. The van der Waals surface area contributed by atoms with Crippen molar-refractivity contribution in [2.75, 3.05) is 19.0 Å². The number of fused-ring (bicyclic) bond motifs is 7. The summed E-state index contributed by atoms with van der Waals surface area (Å²) in [5, 5.41) is 3.17. The molecule has 3 N–H and O–H groups in total. The number of carbonyl (C=O) groups is 2. The maximum absolute atomic E-state index is 13.2. The Kier molecular flexibility index (Phi) is 13.0. The molecule has 0 aromatic heterocycles. The lowest BCUT2D eigenvalue weighted by molar-refractivity contribution is -0.198. The van der Waals surface area contributed by atoms with Gasteiger partial charge in [-0.1, -0.05) is 71.4 Å². The van der Waals surface area contributed by atoms with E-state index in [0.29, 0.717) is 28.2 Å². The van der Waals surface area contributed by atoms with Crippen LogP contribution in [0.15, 0.2) is 61.2 Å². The molecule has 0 heterocycles. The highest BCUT2D eigenvalue weighted by Crippen LogP contribution is 2.73. The van der Waals surface area contributed by atoms with Crippen molar-refractivity contribution in [1.29, 1.82) is 0 Å². The van der Waals surface area contributed by atoms with Crippen LogP contribution in [-0.4, -0.2) is 26.4 Å². The molecule has 0 saturated heterocycles. The Labute approximate surface area is 323 Å². The third kappa shape index (κ3) is 8.15. The molecule has 0 radical (unpaired) electrons. The minimum atomic E-state index is 0.0318. The van der Waals surface area contributed by atoms with Crippen LogP contribution in [0.5, 0.6) is 0 Å². The SMILES string of the molecule is C=CC.CC1CCC2(CCc3cccc(C(=O)NCc4ccc(N(C)C)cc4)c3)CCC3C(CCC4C3(C)CCC3C(C)(C)CCCC34C)C12.NC=O. The molecule has 292 valence electrons. The van der Waals surface area contributed by atoms with Crippen LogP contribution in [0.25, 0.3) is 0 Å². The van der Waals surface area contributed by atoms with Gasteiger partial charge in [0.1, 0.15) is 0 Å². The Bertz CT molecular complexity index is 1540. The predicted octanol–water partition coefficient (Wildman–Crippen LogP) is 11.0. The van der Waals surface area contributed by atoms with Crippen LogP contribution in [-0.2, 0) is 17.8 Å². The highest BCUT2D eigenvalue weighted by molar-refractivity contribution is 5.94. The quantitative estimate of drug-likeness (QED) is 0.221. The van der Waals surface area contributed by atoms with Crippen molar-refractivity contribution in [3.05, 3.63) is 77.9 Å². The van der Waals surface area contributed by atoms with Gasteiger partial charge in [-0.05, 0) is 177 Å². The van der Waals surface area contributed by atoms with E-state index in [9.17, 15) is 4.79 Å². The van der Waals surface area contributed by atoms with Crippen LogP contribution in [0.2, 0.25) is 0 Å². The van der Waals surface area contributed by atoms with Crippen LogP contribution < -0.4 is 16.0 Å². The van der Waals surface area contributed by atoms with Gasteiger partial charge >= 0.3 is 0 Å². The molecule has 0 aliphatic heterocycles. The number of nitrogens with one attached hydrogen (secondary N) is 1. The Morgan fingerprint density at radius 2 is 1.57 bits per heavy atom. The first-order valence-electron chi connectivity index (χ1n) is 21.1. The topological polar surface area (TPSA) is 75.4 Å². The van der Waals surface area contributed by atoms with E-state index in [2.05, 4.69) is 114 Å². The largest absolute Gasteiger partial charge is 0.378 e. The molecule has 5 aliphatic carbocycles. The molecule has 5 fully saturated rings. The van der Waals surface area contributed by atoms with E-state index in [0.717, 1.165) is 53.1 Å². The highest BCUT2D eigenvalue weighted by atomic mass is 16.1. The van der Waals surface area contributed by atoms with Gasteiger partial charge in [-0.15, -0.1) is 6.58 Å². The standard InChI is InChI=1S/C44H64N2O.C3H6.CH3NO/c1-30-18-25-44(26-19-31-10-8-11-33(28-31)40(47)45-29-32-12-14-34(15-13-32)46(6)7)27-20-36-35(39(30)44)16-17-38-42(36,4)24-21-37-41(2,3)22-9-23-43(37,38)5;1-3-2;2-1-3/h8,10-15,28,30,35-39H,9,16-27,29H2,1-7H3,(H,45,47);3H,1H2,2H3;1H,(H2,2,3). The van der Waals surface area contributed by atoms with Crippen molar-refractivity contribution >= 4 is 18.0 Å². The molecule has 5 aliphatic rings. The van der Waals surface area contributed by atoms with Crippen molar-refractivity contribution < 1.29 is 9.59 Å².